The monoisotopic (exact) mass is 740 g/mol. The summed E-state index contributed by atoms with van der Waals surface area (Å²) in [5.74, 6) is -0.908. The molecule has 2 atom stereocenters. The number of rotatable bonds is 37. The number of carbonyl (C=O) groups excluding carboxylic acids is 2. The Hall–Kier alpha value is -2.03. The average molecular weight is 740 g/mol. The number of phosphoric acid groups is 1. The summed E-state index contributed by atoms with van der Waals surface area (Å²) in [5, 5.41) is 0. The maximum Gasteiger partial charge on any atom is 0.472 e. The van der Waals surface area contributed by atoms with Crippen LogP contribution in [-0.2, 0) is 32.7 Å². The molecule has 0 aromatic carbocycles. The zero-order valence-corrected chi connectivity index (χ0v) is 33.2. The van der Waals surface area contributed by atoms with E-state index in [-0.39, 0.29) is 32.6 Å². The van der Waals surface area contributed by atoms with E-state index in [2.05, 4.69) is 62.5 Å². The van der Waals surface area contributed by atoms with Gasteiger partial charge in [0.15, 0.2) is 6.10 Å². The molecule has 0 aliphatic carbocycles. The van der Waals surface area contributed by atoms with Gasteiger partial charge in [0.25, 0.3) is 0 Å². The van der Waals surface area contributed by atoms with Gasteiger partial charge >= 0.3 is 19.8 Å². The van der Waals surface area contributed by atoms with Gasteiger partial charge in [-0.1, -0.05) is 127 Å². The normalized spacial score (nSPS) is 13.9. The molecule has 0 bridgehead atoms. The van der Waals surface area contributed by atoms with Crippen molar-refractivity contribution in [2.45, 2.75) is 174 Å². The molecule has 0 heterocycles. The standard InChI is InChI=1S/C41H74NO8P/c1-3-5-7-9-11-13-15-17-19-21-23-25-27-29-31-33-40(43)47-37-39(38-49-51(45,46)48-36-35-42)50-41(44)34-32-30-28-26-24-22-20-18-16-14-12-10-8-6-4-2/h17-20,23-26,39H,3-16,21-22,27-38,42H2,1-2H3,(H,45,46). The van der Waals surface area contributed by atoms with Gasteiger partial charge in [-0.2, -0.15) is 0 Å². The number of hydrogen-bond acceptors (Lipinski definition) is 8. The van der Waals surface area contributed by atoms with Crippen molar-refractivity contribution in [3.63, 3.8) is 0 Å². The highest BCUT2D eigenvalue weighted by atomic mass is 31.2. The minimum Gasteiger partial charge on any atom is -0.462 e. The highest BCUT2D eigenvalue weighted by Gasteiger charge is 2.25. The lowest BCUT2D eigenvalue weighted by molar-refractivity contribution is -0.161. The first kappa shape index (κ1) is 49.0. The molecule has 0 amide bonds. The molecule has 0 aromatic heterocycles. The fourth-order valence-corrected chi connectivity index (χ4v) is 5.93. The molecule has 0 saturated heterocycles. The van der Waals surface area contributed by atoms with Gasteiger partial charge in [0.2, 0.25) is 0 Å². The summed E-state index contributed by atoms with van der Waals surface area (Å²) in [6.07, 6.45) is 41.5. The summed E-state index contributed by atoms with van der Waals surface area (Å²) in [6, 6.07) is 0. The maximum absolute atomic E-state index is 12.5. The molecule has 0 aliphatic heterocycles. The minimum atomic E-state index is -4.39. The Kier molecular flexibility index (Phi) is 36.2. The third-order valence-electron chi connectivity index (χ3n) is 8.19. The summed E-state index contributed by atoms with van der Waals surface area (Å²) < 4.78 is 32.6. The van der Waals surface area contributed by atoms with Crippen LogP contribution in [0.15, 0.2) is 48.6 Å². The highest BCUT2D eigenvalue weighted by molar-refractivity contribution is 7.47. The van der Waals surface area contributed by atoms with E-state index in [0.717, 1.165) is 51.4 Å². The van der Waals surface area contributed by atoms with E-state index in [4.69, 9.17) is 24.3 Å². The number of nitrogens with two attached hydrogens (primary N) is 1. The molecule has 10 heteroatoms. The molecule has 0 rings (SSSR count). The number of ether oxygens (including phenoxy) is 2. The molecule has 9 nitrogen and oxygen atoms in total. The number of unbranched alkanes of at least 4 members (excludes halogenated alkanes) is 16. The fourth-order valence-electron chi connectivity index (χ4n) is 5.16. The predicted molar refractivity (Wildman–Crippen MR) is 210 cm³/mol. The molecular formula is C41H74NO8P. The first-order valence-corrected chi connectivity index (χ1v) is 21.6. The smallest absolute Gasteiger partial charge is 0.462 e. The van der Waals surface area contributed by atoms with Crippen molar-refractivity contribution in [2.75, 3.05) is 26.4 Å². The summed E-state index contributed by atoms with van der Waals surface area (Å²) in [6.45, 7) is 3.63. The zero-order valence-electron chi connectivity index (χ0n) is 32.3. The van der Waals surface area contributed by atoms with Gasteiger partial charge < -0.3 is 20.1 Å². The lowest BCUT2D eigenvalue weighted by atomic mass is 10.1. The maximum atomic E-state index is 12.5. The van der Waals surface area contributed by atoms with Crippen LogP contribution >= 0.6 is 7.82 Å². The molecule has 2 unspecified atom stereocenters. The Labute approximate surface area is 311 Å². The van der Waals surface area contributed by atoms with Crippen LogP contribution in [-0.4, -0.2) is 49.3 Å². The van der Waals surface area contributed by atoms with Crippen molar-refractivity contribution in [3.05, 3.63) is 48.6 Å². The number of phosphoric ester groups is 1. The summed E-state index contributed by atoms with van der Waals surface area (Å²) in [7, 11) is -4.39. The molecule has 0 aromatic rings. The highest BCUT2D eigenvalue weighted by Crippen LogP contribution is 2.43. The number of esters is 2. The second-order valence-electron chi connectivity index (χ2n) is 13.1. The first-order chi connectivity index (χ1) is 24.8. The Morgan fingerprint density at radius 1 is 0.588 bits per heavy atom. The largest absolute Gasteiger partial charge is 0.472 e. The van der Waals surface area contributed by atoms with E-state index >= 15 is 0 Å². The van der Waals surface area contributed by atoms with Crippen LogP contribution in [0.25, 0.3) is 0 Å². The van der Waals surface area contributed by atoms with E-state index in [1.165, 1.54) is 77.0 Å². The van der Waals surface area contributed by atoms with Gasteiger partial charge in [-0.05, 0) is 77.0 Å². The molecule has 3 N–H and O–H groups in total. The van der Waals surface area contributed by atoms with Gasteiger partial charge in [-0.3, -0.25) is 18.6 Å². The molecular weight excluding hydrogens is 665 g/mol. The molecule has 0 fully saturated rings. The third-order valence-corrected chi connectivity index (χ3v) is 9.17. The van der Waals surface area contributed by atoms with Crippen molar-refractivity contribution in [1.82, 2.24) is 0 Å². The van der Waals surface area contributed by atoms with Crippen LogP contribution < -0.4 is 5.73 Å². The van der Waals surface area contributed by atoms with Crippen molar-refractivity contribution >= 4 is 19.8 Å². The van der Waals surface area contributed by atoms with Crippen molar-refractivity contribution in [2.24, 2.45) is 5.73 Å². The van der Waals surface area contributed by atoms with E-state index in [1.807, 2.05) is 0 Å². The minimum absolute atomic E-state index is 0.0429. The van der Waals surface area contributed by atoms with Crippen LogP contribution in [0.5, 0.6) is 0 Å². The van der Waals surface area contributed by atoms with E-state index in [9.17, 15) is 19.0 Å². The second kappa shape index (κ2) is 37.7. The average Bonchev–Trinajstić information content (AvgIpc) is 3.11. The van der Waals surface area contributed by atoms with Crippen LogP contribution in [0, 0.1) is 0 Å². The molecule has 0 radical (unpaired) electrons. The van der Waals surface area contributed by atoms with Crippen molar-refractivity contribution < 1.29 is 37.6 Å². The molecule has 0 aliphatic rings. The topological polar surface area (TPSA) is 134 Å². The lowest BCUT2D eigenvalue weighted by Crippen LogP contribution is -2.29. The lowest BCUT2D eigenvalue weighted by Gasteiger charge is -2.19. The molecule has 51 heavy (non-hydrogen) atoms. The Morgan fingerprint density at radius 2 is 1.02 bits per heavy atom. The van der Waals surface area contributed by atoms with Gasteiger partial charge in [0, 0.05) is 19.4 Å². The quantitative estimate of drug-likeness (QED) is 0.0276. The summed E-state index contributed by atoms with van der Waals surface area (Å²) >= 11 is 0. The summed E-state index contributed by atoms with van der Waals surface area (Å²) in [5.41, 5.74) is 5.33. The van der Waals surface area contributed by atoms with Gasteiger partial charge in [0.05, 0.1) is 13.2 Å². The van der Waals surface area contributed by atoms with E-state index in [0.29, 0.717) is 12.8 Å². The number of carbonyl (C=O) groups is 2. The molecule has 0 saturated carbocycles. The van der Waals surface area contributed by atoms with Gasteiger partial charge in [-0.15, -0.1) is 0 Å². The number of allylic oxidation sites excluding steroid dienone is 8. The van der Waals surface area contributed by atoms with E-state index < -0.39 is 32.5 Å². The zero-order chi connectivity index (χ0) is 37.5. The molecule has 0 spiro atoms. The molecule has 296 valence electrons. The van der Waals surface area contributed by atoms with Gasteiger partial charge in [0.1, 0.15) is 6.61 Å². The summed E-state index contributed by atoms with van der Waals surface area (Å²) in [4.78, 5) is 34.7. The van der Waals surface area contributed by atoms with Crippen molar-refractivity contribution in [3.8, 4) is 0 Å². The van der Waals surface area contributed by atoms with Crippen molar-refractivity contribution in [1.29, 1.82) is 0 Å². The van der Waals surface area contributed by atoms with Crippen LogP contribution in [0.3, 0.4) is 0 Å². The van der Waals surface area contributed by atoms with Crippen LogP contribution in [0.1, 0.15) is 168 Å². The van der Waals surface area contributed by atoms with Crippen LogP contribution in [0.4, 0.5) is 0 Å². The Balaban J connectivity index is 4.32. The Morgan fingerprint density at radius 3 is 1.49 bits per heavy atom. The third kappa shape index (κ3) is 37.5. The van der Waals surface area contributed by atoms with Crippen LogP contribution in [0.2, 0.25) is 0 Å². The van der Waals surface area contributed by atoms with Gasteiger partial charge in [-0.25, -0.2) is 4.57 Å². The second-order valence-corrected chi connectivity index (χ2v) is 14.6. The Bertz CT molecular complexity index is 981. The van der Waals surface area contributed by atoms with E-state index in [1.54, 1.807) is 0 Å². The number of hydrogen-bond donors (Lipinski definition) is 2. The SMILES string of the molecule is CCCCCCCCC=CCC=CCCCCC(=O)OCC(COP(=O)(O)OCCN)OC(=O)CCCCC=CCC=CCCCCCCCC. The predicted octanol–water partition coefficient (Wildman–Crippen LogP) is 11.2. The fraction of sp³-hybridized carbons (Fsp3) is 0.756. The first-order valence-electron chi connectivity index (χ1n) is 20.1.